The zero-order valence-electron chi connectivity index (χ0n) is 10.6. The number of nitrogens with one attached hydrogen (secondary N) is 1. The highest BCUT2D eigenvalue weighted by Gasteiger charge is 2.19. The number of nitrogens with zero attached hydrogens (tertiary/aromatic N) is 1. The van der Waals surface area contributed by atoms with E-state index in [1.54, 1.807) is 0 Å². The van der Waals surface area contributed by atoms with Crippen LogP contribution in [-0.2, 0) is 0 Å². The monoisotopic (exact) mass is 210 g/mol. The normalized spacial score (nSPS) is 23.3. The summed E-state index contributed by atoms with van der Waals surface area (Å²) in [6, 6.07) is 0.613. The number of hydrogen-bond acceptors (Lipinski definition) is 2. The lowest BCUT2D eigenvalue weighted by atomic mass is 9.97. The Morgan fingerprint density at radius 3 is 2.87 bits per heavy atom. The van der Waals surface area contributed by atoms with Crippen molar-refractivity contribution in [2.24, 2.45) is 5.92 Å². The zero-order chi connectivity index (χ0) is 11.3. The lowest BCUT2D eigenvalue weighted by molar-refractivity contribution is 0.183. The summed E-state index contributed by atoms with van der Waals surface area (Å²) in [6.07, 6.45) is 2.73. The van der Waals surface area contributed by atoms with Crippen LogP contribution in [0.15, 0.2) is 12.2 Å². The molecule has 2 heteroatoms. The Hall–Kier alpha value is -0.340. The van der Waals surface area contributed by atoms with E-state index in [4.69, 9.17) is 0 Å². The van der Waals surface area contributed by atoms with E-state index in [2.05, 4.69) is 37.6 Å². The lowest BCUT2D eigenvalue weighted by Gasteiger charge is -2.33. The van der Waals surface area contributed by atoms with Gasteiger partial charge in [-0.3, -0.25) is 4.90 Å². The Kier molecular flexibility index (Phi) is 5.34. The summed E-state index contributed by atoms with van der Waals surface area (Å²) in [6.45, 7) is 15.3. The van der Waals surface area contributed by atoms with E-state index in [0.717, 1.165) is 12.5 Å². The number of rotatable bonds is 5. The predicted molar refractivity (Wildman–Crippen MR) is 67.1 cm³/mol. The van der Waals surface area contributed by atoms with Crippen LogP contribution in [0.5, 0.6) is 0 Å². The van der Waals surface area contributed by atoms with Gasteiger partial charge in [0.25, 0.3) is 0 Å². The number of piperidine rings is 1. The van der Waals surface area contributed by atoms with Crippen LogP contribution in [0.2, 0.25) is 0 Å². The fourth-order valence-electron chi connectivity index (χ4n) is 2.25. The highest BCUT2D eigenvalue weighted by molar-refractivity contribution is 4.93. The summed E-state index contributed by atoms with van der Waals surface area (Å²) in [5.41, 5.74) is 1.28. The van der Waals surface area contributed by atoms with Gasteiger partial charge in [-0.25, -0.2) is 0 Å². The Bertz CT molecular complexity index is 199. The molecular formula is C13H26N2. The first-order chi connectivity index (χ1) is 7.08. The molecule has 1 N–H and O–H groups in total. The summed E-state index contributed by atoms with van der Waals surface area (Å²) in [5, 5.41) is 3.54. The number of hydrogen-bond donors (Lipinski definition) is 1. The van der Waals surface area contributed by atoms with Crippen molar-refractivity contribution in [3.63, 3.8) is 0 Å². The Balaban J connectivity index is 2.25. The van der Waals surface area contributed by atoms with Gasteiger partial charge in [0.05, 0.1) is 0 Å². The molecule has 0 aromatic heterocycles. The van der Waals surface area contributed by atoms with E-state index in [9.17, 15) is 0 Å². The minimum Gasteiger partial charge on any atom is -0.314 e. The maximum absolute atomic E-state index is 3.99. The van der Waals surface area contributed by atoms with Gasteiger partial charge in [0.1, 0.15) is 0 Å². The molecular weight excluding hydrogens is 184 g/mol. The van der Waals surface area contributed by atoms with Crippen LogP contribution < -0.4 is 5.32 Å². The molecule has 1 atom stereocenters. The van der Waals surface area contributed by atoms with Crippen LogP contribution >= 0.6 is 0 Å². The van der Waals surface area contributed by atoms with Crippen LogP contribution in [0.25, 0.3) is 0 Å². The molecule has 0 spiro atoms. The minimum atomic E-state index is 0.613. The van der Waals surface area contributed by atoms with Crippen molar-refractivity contribution in [1.29, 1.82) is 0 Å². The second-order valence-electron chi connectivity index (χ2n) is 5.26. The fourth-order valence-corrected chi connectivity index (χ4v) is 2.25. The molecule has 88 valence electrons. The molecule has 1 heterocycles. The van der Waals surface area contributed by atoms with Gasteiger partial charge in [0.15, 0.2) is 0 Å². The highest BCUT2D eigenvalue weighted by atomic mass is 15.1. The maximum Gasteiger partial charge on any atom is 0.0187 e. The van der Waals surface area contributed by atoms with Crippen LogP contribution in [0, 0.1) is 5.92 Å². The van der Waals surface area contributed by atoms with Crippen molar-refractivity contribution in [3.05, 3.63) is 12.2 Å². The van der Waals surface area contributed by atoms with Gasteiger partial charge in [-0.2, -0.15) is 0 Å². The molecule has 1 aliphatic rings. The van der Waals surface area contributed by atoms with Gasteiger partial charge in [-0.05, 0) is 38.8 Å². The maximum atomic E-state index is 3.99. The first-order valence-electron chi connectivity index (χ1n) is 6.18. The molecule has 1 aliphatic heterocycles. The molecule has 1 rings (SSSR count). The third kappa shape index (κ3) is 5.33. The van der Waals surface area contributed by atoms with E-state index in [1.807, 2.05) is 0 Å². The minimum absolute atomic E-state index is 0.613. The van der Waals surface area contributed by atoms with Gasteiger partial charge < -0.3 is 5.32 Å². The second-order valence-corrected chi connectivity index (χ2v) is 5.26. The summed E-state index contributed by atoms with van der Waals surface area (Å²) in [4.78, 5) is 2.54. The van der Waals surface area contributed by atoms with Crippen molar-refractivity contribution < 1.29 is 0 Å². The fraction of sp³-hybridized carbons (Fsp3) is 0.846. The van der Waals surface area contributed by atoms with Crippen molar-refractivity contribution in [3.8, 4) is 0 Å². The third-order valence-electron chi connectivity index (χ3n) is 2.91. The van der Waals surface area contributed by atoms with Crippen molar-refractivity contribution in [2.45, 2.75) is 39.7 Å². The van der Waals surface area contributed by atoms with Crippen LogP contribution in [0.1, 0.15) is 33.6 Å². The van der Waals surface area contributed by atoms with Gasteiger partial charge >= 0.3 is 0 Å². The molecule has 1 fully saturated rings. The topological polar surface area (TPSA) is 15.3 Å². The molecule has 0 amide bonds. The van der Waals surface area contributed by atoms with E-state index >= 15 is 0 Å². The van der Waals surface area contributed by atoms with Gasteiger partial charge in [0.2, 0.25) is 0 Å². The van der Waals surface area contributed by atoms with E-state index in [0.29, 0.717) is 6.04 Å². The van der Waals surface area contributed by atoms with E-state index < -0.39 is 0 Å². The first kappa shape index (κ1) is 12.7. The number of likely N-dealkylation sites (tertiary alicyclic amines) is 1. The van der Waals surface area contributed by atoms with Gasteiger partial charge in [0, 0.05) is 19.1 Å². The Labute approximate surface area is 94.7 Å². The van der Waals surface area contributed by atoms with Crippen LogP contribution in [0.4, 0.5) is 0 Å². The standard InChI is InChI=1S/C13H26N2/c1-11(2)9-15-7-5-6-13(10-15)8-14-12(3)4/h12-14H,1,5-10H2,2-4H3. The lowest BCUT2D eigenvalue weighted by Crippen LogP contribution is -2.41. The Morgan fingerprint density at radius 1 is 1.53 bits per heavy atom. The third-order valence-corrected chi connectivity index (χ3v) is 2.91. The molecule has 1 saturated heterocycles. The Morgan fingerprint density at radius 2 is 2.27 bits per heavy atom. The van der Waals surface area contributed by atoms with Gasteiger partial charge in [-0.1, -0.05) is 26.0 Å². The van der Waals surface area contributed by atoms with Crippen LogP contribution in [-0.4, -0.2) is 37.1 Å². The smallest absolute Gasteiger partial charge is 0.0187 e. The summed E-state index contributed by atoms with van der Waals surface area (Å²) in [7, 11) is 0. The first-order valence-corrected chi connectivity index (χ1v) is 6.18. The van der Waals surface area contributed by atoms with Crippen molar-refractivity contribution in [1.82, 2.24) is 10.2 Å². The van der Waals surface area contributed by atoms with E-state index in [1.165, 1.54) is 38.0 Å². The zero-order valence-corrected chi connectivity index (χ0v) is 10.6. The SMILES string of the molecule is C=C(C)CN1CCCC(CNC(C)C)C1. The molecule has 1 unspecified atom stereocenters. The average Bonchev–Trinajstić information content (AvgIpc) is 2.14. The molecule has 0 bridgehead atoms. The predicted octanol–water partition coefficient (Wildman–Crippen LogP) is 2.27. The summed E-state index contributed by atoms with van der Waals surface area (Å²) < 4.78 is 0. The highest BCUT2D eigenvalue weighted by Crippen LogP contribution is 2.16. The molecule has 0 aromatic rings. The summed E-state index contributed by atoms with van der Waals surface area (Å²) in [5.74, 6) is 0.834. The van der Waals surface area contributed by atoms with Crippen molar-refractivity contribution in [2.75, 3.05) is 26.2 Å². The van der Waals surface area contributed by atoms with E-state index in [-0.39, 0.29) is 0 Å². The van der Waals surface area contributed by atoms with Crippen LogP contribution in [0.3, 0.4) is 0 Å². The molecule has 0 aliphatic carbocycles. The van der Waals surface area contributed by atoms with Gasteiger partial charge in [-0.15, -0.1) is 0 Å². The molecule has 0 radical (unpaired) electrons. The largest absolute Gasteiger partial charge is 0.314 e. The van der Waals surface area contributed by atoms with Crippen molar-refractivity contribution >= 4 is 0 Å². The molecule has 2 nitrogen and oxygen atoms in total. The second kappa shape index (κ2) is 6.29. The molecule has 15 heavy (non-hydrogen) atoms. The quantitative estimate of drug-likeness (QED) is 0.700. The summed E-state index contributed by atoms with van der Waals surface area (Å²) >= 11 is 0. The average molecular weight is 210 g/mol. The molecule has 0 saturated carbocycles. The molecule has 0 aromatic carbocycles.